The summed E-state index contributed by atoms with van der Waals surface area (Å²) in [5.41, 5.74) is 3.41. The summed E-state index contributed by atoms with van der Waals surface area (Å²) in [7, 11) is 0. The molecule has 1 rings (SSSR count). The Bertz CT molecular complexity index is 713. The fourth-order valence-corrected chi connectivity index (χ4v) is 3.03. The van der Waals surface area contributed by atoms with Gasteiger partial charge in [0.2, 0.25) is 5.91 Å². The number of alkyl carbamates (subject to hydrolysis) is 1. The molecular weight excluding hydrogens is 396 g/mol. The molecule has 9 heteroatoms. The Hall–Kier alpha value is -2.71. The topological polar surface area (TPSA) is 111 Å². The van der Waals surface area contributed by atoms with Crippen LogP contribution in [0.2, 0.25) is 0 Å². The van der Waals surface area contributed by atoms with Crippen LogP contribution in [-0.2, 0) is 20.9 Å². The molecule has 0 radical (unpaired) electrons. The normalized spacial score (nSPS) is 14.3. The van der Waals surface area contributed by atoms with Gasteiger partial charge >= 0.3 is 6.09 Å². The third-order valence-electron chi connectivity index (χ3n) is 4.40. The standard InChI is InChI=1S/C21H31F2N3O4/c1-13(2)10-16(17(24)27)25-19(28)21(18(22)23,11-14(3)4)26-20(29)30-12-15-8-6-5-7-9-15/h5-9,13-14,16,18H,10-12H2,1-4H3,(H2,24,27)(H,25,28)(H,26,29)/t16-,21?/m0/s1. The van der Waals surface area contributed by atoms with Gasteiger partial charge in [0, 0.05) is 0 Å². The highest BCUT2D eigenvalue weighted by Crippen LogP contribution is 2.26. The van der Waals surface area contributed by atoms with Gasteiger partial charge in [-0.3, -0.25) is 9.59 Å². The smallest absolute Gasteiger partial charge is 0.408 e. The first-order valence-electron chi connectivity index (χ1n) is 9.85. The first-order valence-corrected chi connectivity index (χ1v) is 9.85. The maximum atomic E-state index is 14.2. The van der Waals surface area contributed by atoms with Crippen molar-refractivity contribution in [2.24, 2.45) is 17.6 Å². The van der Waals surface area contributed by atoms with Crippen molar-refractivity contribution >= 4 is 17.9 Å². The molecule has 1 aromatic rings. The molecule has 30 heavy (non-hydrogen) atoms. The van der Waals surface area contributed by atoms with Crippen molar-refractivity contribution in [3.63, 3.8) is 0 Å². The van der Waals surface area contributed by atoms with Crippen LogP contribution in [0.1, 0.15) is 46.1 Å². The van der Waals surface area contributed by atoms with Crippen LogP contribution in [0.4, 0.5) is 13.6 Å². The van der Waals surface area contributed by atoms with E-state index in [0.717, 1.165) is 0 Å². The average Bonchev–Trinajstić information content (AvgIpc) is 2.65. The number of carbonyl (C=O) groups excluding carboxylic acids is 3. The predicted molar refractivity (Wildman–Crippen MR) is 109 cm³/mol. The molecule has 0 aromatic heterocycles. The molecule has 0 saturated heterocycles. The zero-order valence-corrected chi connectivity index (χ0v) is 17.8. The van der Waals surface area contributed by atoms with E-state index in [1.54, 1.807) is 58.0 Å². The quantitative estimate of drug-likeness (QED) is 0.504. The number of primary amides is 1. The van der Waals surface area contributed by atoms with Crippen molar-refractivity contribution < 1.29 is 27.9 Å². The number of ether oxygens (including phenoxy) is 1. The van der Waals surface area contributed by atoms with Crippen LogP contribution in [0.5, 0.6) is 0 Å². The molecule has 0 heterocycles. The zero-order chi connectivity index (χ0) is 22.9. The molecule has 0 aliphatic heterocycles. The Morgan fingerprint density at radius 2 is 1.67 bits per heavy atom. The Morgan fingerprint density at radius 3 is 2.13 bits per heavy atom. The highest BCUT2D eigenvalue weighted by molar-refractivity contribution is 5.94. The number of benzene rings is 1. The van der Waals surface area contributed by atoms with Crippen molar-refractivity contribution in [1.82, 2.24) is 10.6 Å². The Balaban J connectivity index is 3.04. The molecule has 0 spiro atoms. The summed E-state index contributed by atoms with van der Waals surface area (Å²) in [6.07, 6.45) is -4.57. The number of halogens is 2. The van der Waals surface area contributed by atoms with Crippen LogP contribution in [-0.4, -0.2) is 35.9 Å². The van der Waals surface area contributed by atoms with Gasteiger partial charge in [0.25, 0.3) is 12.3 Å². The number of carbonyl (C=O) groups is 3. The van der Waals surface area contributed by atoms with E-state index in [1.165, 1.54) is 0 Å². The molecule has 1 aromatic carbocycles. The second-order valence-corrected chi connectivity index (χ2v) is 8.11. The first-order chi connectivity index (χ1) is 14.0. The molecule has 2 atom stereocenters. The van der Waals surface area contributed by atoms with E-state index in [0.29, 0.717) is 5.56 Å². The molecule has 4 N–H and O–H groups in total. The molecule has 1 unspecified atom stereocenters. The minimum absolute atomic E-state index is 0.0161. The second-order valence-electron chi connectivity index (χ2n) is 8.11. The van der Waals surface area contributed by atoms with Gasteiger partial charge in [0.15, 0.2) is 5.54 Å². The van der Waals surface area contributed by atoms with E-state index < -0.39 is 35.9 Å². The van der Waals surface area contributed by atoms with E-state index in [9.17, 15) is 23.2 Å². The number of nitrogens with one attached hydrogen (secondary N) is 2. The maximum Gasteiger partial charge on any atom is 0.408 e. The third kappa shape index (κ3) is 7.61. The molecule has 0 fully saturated rings. The minimum atomic E-state index is -3.24. The number of alkyl halides is 2. The summed E-state index contributed by atoms with van der Waals surface area (Å²) in [5.74, 6) is -2.39. The largest absolute Gasteiger partial charge is 0.445 e. The van der Waals surface area contributed by atoms with Gasteiger partial charge in [0.1, 0.15) is 12.6 Å². The van der Waals surface area contributed by atoms with E-state index >= 15 is 0 Å². The molecule has 0 aliphatic rings. The predicted octanol–water partition coefficient (Wildman–Crippen LogP) is 2.98. The lowest BCUT2D eigenvalue weighted by Gasteiger charge is -2.34. The summed E-state index contributed by atoms with van der Waals surface area (Å²) in [6, 6.07) is 7.54. The second kappa shape index (κ2) is 11.5. The third-order valence-corrected chi connectivity index (χ3v) is 4.40. The van der Waals surface area contributed by atoms with Gasteiger partial charge in [-0.2, -0.15) is 0 Å². The van der Waals surface area contributed by atoms with Crippen LogP contribution >= 0.6 is 0 Å². The Morgan fingerprint density at radius 1 is 1.07 bits per heavy atom. The lowest BCUT2D eigenvalue weighted by molar-refractivity contribution is -0.138. The molecule has 7 nitrogen and oxygen atoms in total. The maximum absolute atomic E-state index is 14.2. The lowest BCUT2D eigenvalue weighted by Crippen LogP contribution is -2.66. The number of nitrogens with two attached hydrogens (primary N) is 1. The number of rotatable bonds is 11. The average molecular weight is 427 g/mol. The van der Waals surface area contributed by atoms with Crippen molar-refractivity contribution in [3.8, 4) is 0 Å². The summed E-state index contributed by atoms with van der Waals surface area (Å²) in [5, 5.41) is 4.34. The number of amides is 3. The number of hydrogen-bond donors (Lipinski definition) is 3. The van der Waals surface area contributed by atoms with Gasteiger partial charge in [-0.25, -0.2) is 13.6 Å². The monoisotopic (exact) mass is 427 g/mol. The molecule has 0 aliphatic carbocycles. The zero-order valence-electron chi connectivity index (χ0n) is 17.8. The fraction of sp³-hybridized carbons (Fsp3) is 0.571. The molecule has 3 amide bonds. The fourth-order valence-electron chi connectivity index (χ4n) is 3.03. The summed E-state index contributed by atoms with van der Waals surface area (Å²) < 4.78 is 33.3. The van der Waals surface area contributed by atoms with Crippen LogP contribution < -0.4 is 16.4 Å². The first kappa shape index (κ1) is 25.3. The van der Waals surface area contributed by atoms with Crippen LogP contribution in [0.25, 0.3) is 0 Å². The van der Waals surface area contributed by atoms with Crippen LogP contribution in [0.15, 0.2) is 30.3 Å². The van der Waals surface area contributed by atoms with Crippen molar-refractivity contribution in [2.45, 2.75) is 65.1 Å². The van der Waals surface area contributed by atoms with E-state index in [1.807, 2.05) is 0 Å². The molecule has 0 saturated carbocycles. The van der Waals surface area contributed by atoms with Crippen molar-refractivity contribution in [2.75, 3.05) is 0 Å². The molecular formula is C21H31F2N3O4. The SMILES string of the molecule is CC(C)C[C@H](NC(=O)C(CC(C)C)(NC(=O)OCc1ccccc1)C(F)F)C(N)=O. The van der Waals surface area contributed by atoms with E-state index in [-0.39, 0.29) is 31.3 Å². The summed E-state index contributed by atoms with van der Waals surface area (Å²) in [6.45, 7) is 6.74. The lowest BCUT2D eigenvalue weighted by atomic mass is 9.87. The van der Waals surface area contributed by atoms with E-state index in [4.69, 9.17) is 10.5 Å². The van der Waals surface area contributed by atoms with Gasteiger partial charge < -0.3 is 21.1 Å². The minimum Gasteiger partial charge on any atom is -0.445 e. The Kier molecular flexibility index (Phi) is 9.68. The van der Waals surface area contributed by atoms with Gasteiger partial charge in [-0.15, -0.1) is 0 Å². The van der Waals surface area contributed by atoms with Crippen molar-refractivity contribution in [1.29, 1.82) is 0 Å². The van der Waals surface area contributed by atoms with Gasteiger partial charge in [-0.1, -0.05) is 58.0 Å². The van der Waals surface area contributed by atoms with Crippen molar-refractivity contribution in [3.05, 3.63) is 35.9 Å². The van der Waals surface area contributed by atoms with Crippen LogP contribution in [0.3, 0.4) is 0 Å². The summed E-state index contributed by atoms with van der Waals surface area (Å²) in [4.78, 5) is 36.8. The Labute approximate surface area is 175 Å². The molecule has 168 valence electrons. The van der Waals surface area contributed by atoms with Crippen LogP contribution in [0, 0.1) is 11.8 Å². The highest BCUT2D eigenvalue weighted by atomic mass is 19.3. The van der Waals surface area contributed by atoms with Gasteiger partial charge in [-0.05, 0) is 30.2 Å². The summed E-state index contributed by atoms with van der Waals surface area (Å²) >= 11 is 0. The highest BCUT2D eigenvalue weighted by Gasteiger charge is 2.50. The van der Waals surface area contributed by atoms with E-state index in [2.05, 4.69) is 10.6 Å². The number of hydrogen-bond acceptors (Lipinski definition) is 4. The molecule has 0 bridgehead atoms. The van der Waals surface area contributed by atoms with Gasteiger partial charge in [0.05, 0.1) is 0 Å².